The van der Waals surface area contributed by atoms with Crippen molar-refractivity contribution in [3.05, 3.63) is 42.2 Å². The summed E-state index contributed by atoms with van der Waals surface area (Å²) in [5.74, 6) is -1.03. The summed E-state index contributed by atoms with van der Waals surface area (Å²) in [6.07, 6.45) is 1.07. The standard InChI is InChI=1S/C10H9FO2/c1-3-8(12)7-5-4-6-9(13-2)10(7)11/h3-6H,1H2,2H3. The molecule has 68 valence electrons. The number of ether oxygens (including phenoxy) is 1. The fraction of sp³-hybridized carbons (Fsp3) is 0.100. The molecule has 0 amide bonds. The van der Waals surface area contributed by atoms with Crippen LogP contribution in [0.15, 0.2) is 30.9 Å². The summed E-state index contributed by atoms with van der Waals surface area (Å²) in [5, 5.41) is 0. The predicted octanol–water partition coefficient (Wildman–Crippen LogP) is 2.20. The molecule has 0 aromatic heterocycles. The molecule has 1 rings (SSSR count). The van der Waals surface area contributed by atoms with E-state index in [0.717, 1.165) is 6.08 Å². The molecule has 3 heteroatoms. The third-order valence-electron chi connectivity index (χ3n) is 1.63. The molecule has 0 aliphatic carbocycles. The summed E-state index contributed by atoms with van der Waals surface area (Å²) in [6.45, 7) is 3.28. The predicted molar refractivity (Wildman–Crippen MR) is 47.5 cm³/mol. The lowest BCUT2D eigenvalue weighted by Gasteiger charge is -2.03. The van der Waals surface area contributed by atoms with Crippen LogP contribution in [-0.2, 0) is 0 Å². The molecule has 0 bridgehead atoms. The van der Waals surface area contributed by atoms with Crippen LogP contribution in [0.5, 0.6) is 5.75 Å². The van der Waals surface area contributed by atoms with Crippen molar-refractivity contribution in [2.45, 2.75) is 0 Å². The maximum absolute atomic E-state index is 13.3. The van der Waals surface area contributed by atoms with Gasteiger partial charge < -0.3 is 4.74 Å². The molecule has 0 atom stereocenters. The number of methoxy groups -OCH3 is 1. The van der Waals surface area contributed by atoms with E-state index in [1.165, 1.54) is 19.2 Å². The molecule has 0 radical (unpaired) electrons. The number of carbonyl (C=O) groups is 1. The molecule has 1 aromatic rings. The molecule has 0 heterocycles. The first-order valence-electron chi connectivity index (χ1n) is 3.70. The van der Waals surface area contributed by atoms with E-state index in [1.54, 1.807) is 6.07 Å². The highest BCUT2D eigenvalue weighted by atomic mass is 19.1. The molecule has 0 fully saturated rings. The van der Waals surface area contributed by atoms with Gasteiger partial charge in [-0.3, -0.25) is 4.79 Å². The maximum Gasteiger partial charge on any atom is 0.188 e. The Kier molecular flexibility index (Phi) is 2.80. The van der Waals surface area contributed by atoms with Gasteiger partial charge in [0.05, 0.1) is 12.7 Å². The number of benzene rings is 1. The minimum Gasteiger partial charge on any atom is -0.494 e. The van der Waals surface area contributed by atoms with E-state index in [1.807, 2.05) is 0 Å². The first kappa shape index (κ1) is 9.45. The molecule has 0 saturated heterocycles. The van der Waals surface area contributed by atoms with Crippen LogP contribution in [0.3, 0.4) is 0 Å². The Morgan fingerprint density at radius 1 is 1.62 bits per heavy atom. The van der Waals surface area contributed by atoms with Crippen LogP contribution in [-0.4, -0.2) is 12.9 Å². The summed E-state index contributed by atoms with van der Waals surface area (Å²) in [4.78, 5) is 11.1. The lowest BCUT2D eigenvalue weighted by atomic mass is 10.1. The minimum atomic E-state index is -0.644. The summed E-state index contributed by atoms with van der Waals surface area (Å²) in [7, 11) is 1.35. The second-order valence-electron chi connectivity index (χ2n) is 2.39. The highest BCUT2D eigenvalue weighted by Gasteiger charge is 2.12. The van der Waals surface area contributed by atoms with E-state index in [0.29, 0.717) is 0 Å². The lowest BCUT2D eigenvalue weighted by Crippen LogP contribution is -2.00. The van der Waals surface area contributed by atoms with Crippen LogP contribution in [0.1, 0.15) is 10.4 Å². The van der Waals surface area contributed by atoms with E-state index in [4.69, 9.17) is 4.74 Å². The number of hydrogen-bond acceptors (Lipinski definition) is 2. The zero-order valence-electron chi connectivity index (χ0n) is 7.21. The summed E-state index contributed by atoms with van der Waals surface area (Å²) >= 11 is 0. The highest BCUT2D eigenvalue weighted by molar-refractivity contribution is 6.04. The van der Waals surface area contributed by atoms with E-state index < -0.39 is 11.6 Å². The Morgan fingerprint density at radius 3 is 2.85 bits per heavy atom. The van der Waals surface area contributed by atoms with E-state index in [-0.39, 0.29) is 11.3 Å². The highest BCUT2D eigenvalue weighted by Crippen LogP contribution is 2.20. The zero-order chi connectivity index (χ0) is 9.84. The normalized spacial score (nSPS) is 9.38. The Labute approximate surface area is 75.6 Å². The number of halogens is 1. The maximum atomic E-state index is 13.3. The molecule has 1 aromatic carbocycles. The van der Waals surface area contributed by atoms with Gasteiger partial charge in [0, 0.05) is 0 Å². The van der Waals surface area contributed by atoms with Gasteiger partial charge >= 0.3 is 0 Å². The lowest BCUT2D eigenvalue weighted by molar-refractivity contribution is 0.104. The van der Waals surface area contributed by atoms with E-state index in [2.05, 4.69) is 6.58 Å². The quantitative estimate of drug-likeness (QED) is 0.526. The van der Waals surface area contributed by atoms with Crippen LogP contribution in [0.25, 0.3) is 0 Å². The fourth-order valence-corrected chi connectivity index (χ4v) is 0.969. The van der Waals surface area contributed by atoms with Crippen molar-refractivity contribution in [2.75, 3.05) is 7.11 Å². The number of rotatable bonds is 3. The molecule has 13 heavy (non-hydrogen) atoms. The molecular weight excluding hydrogens is 171 g/mol. The van der Waals surface area contributed by atoms with Gasteiger partial charge in [-0.25, -0.2) is 4.39 Å². The second-order valence-corrected chi connectivity index (χ2v) is 2.39. The average molecular weight is 180 g/mol. The average Bonchev–Trinajstić information content (AvgIpc) is 2.17. The van der Waals surface area contributed by atoms with E-state index in [9.17, 15) is 9.18 Å². The zero-order valence-corrected chi connectivity index (χ0v) is 7.21. The van der Waals surface area contributed by atoms with Gasteiger partial charge in [-0.1, -0.05) is 12.6 Å². The summed E-state index contributed by atoms with van der Waals surface area (Å²) < 4.78 is 18.0. The number of allylic oxidation sites excluding steroid dienone is 1. The molecule has 2 nitrogen and oxygen atoms in total. The van der Waals surface area contributed by atoms with E-state index >= 15 is 0 Å². The van der Waals surface area contributed by atoms with Gasteiger partial charge in [0.2, 0.25) is 0 Å². The Balaban J connectivity index is 3.22. The smallest absolute Gasteiger partial charge is 0.188 e. The first-order chi connectivity index (χ1) is 6.20. The van der Waals surface area contributed by atoms with Gasteiger partial charge in [-0.2, -0.15) is 0 Å². The van der Waals surface area contributed by atoms with Gasteiger partial charge in [-0.15, -0.1) is 0 Å². The van der Waals surface area contributed by atoms with Crippen LogP contribution in [0.2, 0.25) is 0 Å². The van der Waals surface area contributed by atoms with Gasteiger partial charge in [0.15, 0.2) is 17.3 Å². The molecule has 0 saturated carbocycles. The van der Waals surface area contributed by atoms with Crippen LogP contribution >= 0.6 is 0 Å². The van der Waals surface area contributed by atoms with Crippen LogP contribution in [0.4, 0.5) is 4.39 Å². The van der Waals surface area contributed by atoms with Crippen molar-refractivity contribution in [3.63, 3.8) is 0 Å². The van der Waals surface area contributed by atoms with Crippen molar-refractivity contribution >= 4 is 5.78 Å². The summed E-state index contributed by atoms with van der Waals surface area (Å²) in [5.41, 5.74) is -0.0191. The van der Waals surface area contributed by atoms with Gasteiger partial charge in [0.1, 0.15) is 0 Å². The van der Waals surface area contributed by atoms with Crippen molar-refractivity contribution < 1.29 is 13.9 Å². The third-order valence-corrected chi connectivity index (χ3v) is 1.63. The first-order valence-corrected chi connectivity index (χ1v) is 3.70. The van der Waals surface area contributed by atoms with Crippen LogP contribution in [0, 0.1) is 5.82 Å². The number of hydrogen-bond donors (Lipinski definition) is 0. The topological polar surface area (TPSA) is 26.3 Å². The third kappa shape index (κ3) is 1.75. The molecular formula is C10H9FO2. The second kappa shape index (κ2) is 3.85. The van der Waals surface area contributed by atoms with Crippen LogP contribution < -0.4 is 4.74 Å². The van der Waals surface area contributed by atoms with Crippen molar-refractivity contribution in [3.8, 4) is 5.75 Å². The Bertz CT molecular complexity index is 345. The molecule has 0 unspecified atom stereocenters. The SMILES string of the molecule is C=CC(=O)c1cccc(OC)c1F. The number of carbonyl (C=O) groups excluding carboxylic acids is 1. The number of ketones is 1. The Hall–Kier alpha value is -1.64. The largest absolute Gasteiger partial charge is 0.494 e. The van der Waals surface area contributed by atoms with Gasteiger partial charge in [-0.05, 0) is 18.2 Å². The fourth-order valence-electron chi connectivity index (χ4n) is 0.969. The summed E-state index contributed by atoms with van der Waals surface area (Å²) in [6, 6.07) is 4.40. The monoisotopic (exact) mass is 180 g/mol. The Morgan fingerprint density at radius 2 is 2.31 bits per heavy atom. The molecule has 0 N–H and O–H groups in total. The molecule has 0 spiro atoms. The van der Waals surface area contributed by atoms with Crippen molar-refractivity contribution in [2.24, 2.45) is 0 Å². The molecule has 0 aliphatic rings. The molecule has 0 aliphatic heterocycles. The van der Waals surface area contributed by atoms with Crippen molar-refractivity contribution in [1.29, 1.82) is 0 Å². The minimum absolute atomic E-state index is 0.0191. The van der Waals surface area contributed by atoms with Gasteiger partial charge in [0.25, 0.3) is 0 Å². The van der Waals surface area contributed by atoms with Crippen molar-refractivity contribution in [1.82, 2.24) is 0 Å².